The summed E-state index contributed by atoms with van der Waals surface area (Å²) in [4.78, 5) is 11.4. The van der Waals surface area contributed by atoms with Crippen LogP contribution in [0.2, 0.25) is 0 Å². The summed E-state index contributed by atoms with van der Waals surface area (Å²) in [6.07, 6.45) is -0.299. The van der Waals surface area contributed by atoms with E-state index in [0.29, 0.717) is 19.6 Å². The Bertz CT molecular complexity index is 627. The minimum absolute atomic E-state index is 0.0332. The number of nitrogens with one attached hydrogen (secondary N) is 1. The summed E-state index contributed by atoms with van der Waals surface area (Å²) in [6, 6.07) is 14.0. The summed E-state index contributed by atoms with van der Waals surface area (Å²) in [7, 11) is 0. The second-order valence-electron chi connectivity index (χ2n) is 5.44. The molecule has 0 amide bonds. The van der Waals surface area contributed by atoms with Gasteiger partial charge in [-0.2, -0.15) is 0 Å². The number of fused-ring (bicyclic) bond motifs is 1. The molecule has 2 rings (SSSR count). The fraction of sp³-hybridized carbons (Fsp3) is 0.389. The molecule has 0 saturated carbocycles. The third-order valence-corrected chi connectivity index (χ3v) is 3.60. The lowest BCUT2D eigenvalue weighted by molar-refractivity contribution is -0.143. The lowest BCUT2D eigenvalue weighted by Gasteiger charge is -2.17. The number of aliphatic hydroxyl groups is 1. The topological polar surface area (TPSA) is 58.6 Å². The minimum Gasteiger partial charge on any atom is -0.466 e. The molecule has 4 heteroatoms. The van der Waals surface area contributed by atoms with E-state index in [1.54, 1.807) is 6.92 Å². The predicted molar refractivity (Wildman–Crippen MR) is 87.6 cm³/mol. The standard InChI is InChI=1S/C18H23NO3/c1-3-22-18(21)10-13(2)19-12-17(20)16-9-8-14-6-4-5-7-15(14)11-16/h4-9,11,13,17,19-20H,3,10,12H2,1-2H3/t13-,17+/m1/s1. The summed E-state index contributed by atoms with van der Waals surface area (Å²) in [5, 5.41) is 15.7. The van der Waals surface area contributed by atoms with Gasteiger partial charge in [-0.3, -0.25) is 4.79 Å². The van der Waals surface area contributed by atoms with Gasteiger partial charge in [-0.1, -0.05) is 36.4 Å². The maximum Gasteiger partial charge on any atom is 0.307 e. The number of hydrogen-bond acceptors (Lipinski definition) is 4. The van der Waals surface area contributed by atoms with Crippen molar-refractivity contribution >= 4 is 16.7 Å². The fourth-order valence-electron chi connectivity index (χ4n) is 2.39. The van der Waals surface area contributed by atoms with E-state index in [4.69, 9.17) is 4.74 Å². The van der Waals surface area contributed by atoms with Crippen LogP contribution < -0.4 is 5.32 Å². The normalized spacial score (nSPS) is 13.8. The van der Waals surface area contributed by atoms with Gasteiger partial charge in [0, 0.05) is 12.6 Å². The molecule has 22 heavy (non-hydrogen) atoms. The van der Waals surface area contributed by atoms with Crippen LogP contribution in [0.3, 0.4) is 0 Å². The first-order valence-corrected chi connectivity index (χ1v) is 7.66. The van der Waals surface area contributed by atoms with Gasteiger partial charge in [0.15, 0.2) is 0 Å². The zero-order valence-corrected chi connectivity index (χ0v) is 13.1. The molecule has 0 aromatic heterocycles. The van der Waals surface area contributed by atoms with Crippen molar-refractivity contribution in [1.82, 2.24) is 5.32 Å². The smallest absolute Gasteiger partial charge is 0.307 e. The Balaban J connectivity index is 1.90. The van der Waals surface area contributed by atoms with Crippen LogP contribution in [0.15, 0.2) is 42.5 Å². The highest BCUT2D eigenvalue weighted by Gasteiger charge is 2.13. The zero-order chi connectivity index (χ0) is 15.9. The van der Waals surface area contributed by atoms with Crippen molar-refractivity contribution in [3.63, 3.8) is 0 Å². The lowest BCUT2D eigenvalue weighted by atomic mass is 10.0. The average Bonchev–Trinajstić information content (AvgIpc) is 2.52. The highest BCUT2D eigenvalue weighted by molar-refractivity contribution is 5.83. The number of benzene rings is 2. The Kier molecular flexibility index (Phi) is 5.92. The molecule has 4 nitrogen and oxygen atoms in total. The van der Waals surface area contributed by atoms with E-state index in [1.807, 2.05) is 49.4 Å². The van der Waals surface area contributed by atoms with E-state index in [0.717, 1.165) is 16.3 Å². The molecule has 0 heterocycles. The van der Waals surface area contributed by atoms with Gasteiger partial charge in [0.05, 0.1) is 19.1 Å². The van der Waals surface area contributed by atoms with Crippen molar-refractivity contribution in [1.29, 1.82) is 0 Å². The van der Waals surface area contributed by atoms with Gasteiger partial charge in [-0.15, -0.1) is 0 Å². The van der Waals surface area contributed by atoms with Gasteiger partial charge in [-0.05, 0) is 36.2 Å². The number of aliphatic hydroxyl groups excluding tert-OH is 1. The minimum atomic E-state index is -0.603. The number of carbonyl (C=O) groups excluding carboxylic acids is 1. The second kappa shape index (κ2) is 7.92. The molecule has 118 valence electrons. The monoisotopic (exact) mass is 301 g/mol. The first-order chi connectivity index (χ1) is 10.6. The van der Waals surface area contributed by atoms with Gasteiger partial charge in [-0.25, -0.2) is 0 Å². The molecule has 0 bridgehead atoms. The SMILES string of the molecule is CCOC(=O)C[C@@H](C)NC[C@H](O)c1ccc2ccccc2c1. The summed E-state index contributed by atoms with van der Waals surface area (Å²) < 4.78 is 4.91. The molecule has 2 N–H and O–H groups in total. The van der Waals surface area contributed by atoms with Crippen LogP contribution in [0, 0.1) is 0 Å². The van der Waals surface area contributed by atoms with Gasteiger partial charge in [0.2, 0.25) is 0 Å². The van der Waals surface area contributed by atoms with Crippen molar-refractivity contribution in [2.75, 3.05) is 13.2 Å². The van der Waals surface area contributed by atoms with Gasteiger partial charge >= 0.3 is 5.97 Å². The Morgan fingerprint density at radius 1 is 1.23 bits per heavy atom. The molecular weight excluding hydrogens is 278 g/mol. The number of carbonyl (C=O) groups is 1. The van der Waals surface area contributed by atoms with Crippen LogP contribution in [0.4, 0.5) is 0 Å². The van der Waals surface area contributed by atoms with Crippen molar-refractivity contribution < 1.29 is 14.6 Å². The Morgan fingerprint density at radius 3 is 2.68 bits per heavy atom. The summed E-state index contributed by atoms with van der Waals surface area (Å²) in [5.41, 5.74) is 0.870. The van der Waals surface area contributed by atoms with E-state index in [1.165, 1.54) is 0 Å². The highest BCUT2D eigenvalue weighted by Crippen LogP contribution is 2.20. The van der Waals surface area contributed by atoms with Gasteiger partial charge in [0.1, 0.15) is 0 Å². The first kappa shape index (κ1) is 16.5. The third-order valence-electron chi connectivity index (χ3n) is 3.60. The van der Waals surface area contributed by atoms with Crippen molar-refractivity contribution in [3.05, 3.63) is 48.0 Å². The molecule has 0 aliphatic carbocycles. The van der Waals surface area contributed by atoms with Gasteiger partial charge in [0.25, 0.3) is 0 Å². The van der Waals surface area contributed by atoms with Crippen LogP contribution in [0.5, 0.6) is 0 Å². The fourth-order valence-corrected chi connectivity index (χ4v) is 2.39. The highest BCUT2D eigenvalue weighted by atomic mass is 16.5. The van der Waals surface area contributed by atoms with Crippen molar-refractivity contribution in [2.45, 2.75) is 32.4 Å². The predicted octanol–water partition coefficient (Wildman–Crippen LogP) is 2.80. The Morgan fingerprint density at radius 2 is 1.95 bits per heavy atom. The largest absolute Gasteiger partial charge is 0.466 e. The van der Waals surface area contributed by atoms with E-state index < -0.39 is 6.10 Å². The number of rotatable bonds is 7. The van der Waals surface area contributed by atoms with Crippen LogP contribution >= 0.6 is 0 Å². The Labute approximate surface area is 131 Å². The summed E-state index contributed by atoms with van der Waals surface area (Å²) in [5.74, 6) is -0.220. The lowest BCUT2D eigenvalue weighted by Crippen LogP contribution is -2.32. The Hall–Kier alpha value is -1.91. The molecule has 0 fully saturated rings. The molecule has 2 atom stereocenters. The number of esters is 1. The number of ether oxygens (including phenoxy) is 1. The van der Waals surface area contributed by atoms with Crippen LogP contribution in [-0.4, -0.2) is 30.3 Å². The molecule has 0 aliphatic rings. The quantitative estimate of drug-likeness (QED) is 0.772. The summed E-state index contributed by atoms with van der Waals surface area (Å²) >= 11 is 0. The molecule has 2 aromatic rings. The third kappa shape index (κ3) is 4.55. The molecule has 0 unspecified atom stereocenters. The van der Waals surface area contributed by atoms with E-state index in [-0.39, 0.29) is 12.0 Å². The molecular formula is C18H23NO3. The van der Waals surface area contributed by atoms with E-state index in [9.17, 15) is 9.90 Å². The maximum atomic E-state index is 11.4. The molecule has 0 saturated heterocycles. The maximum absolute atomic E-state index is 11.4. The molecule has 0 spiro atoms. The molecule has 0 aliphatic heterocycles. The van der Waals surface area contributed by atoms with Crippen molar-refractivity contribution in [2.24, 2.45) is 0 Å². The van der Waals surface area contributed by atoms with Crippen LogP contribution in [-0.2, 0) is 9.53 Å². The van der Waals surface area contributed by atoms with Gasteiger partial charge < -0.3 is 15.2 Å². The second-order valence-corrected chi connectivity index (χ2v) is 5.44. The average molecular weight is 301 g/mol. The zero-order valence-electron chi connectivity index (χ0n) is 13.1. The van der Waals surface area contributed by atoms with Crippen LogP contribution in [0.25, 0.3) is 10.8 Å². The van der Waals surface area contributed by atoms with Crippen LogP contribution in [0.1, 0.15) is 31.9 Å². The molecule has 0 radical (unpaired) electrons. The molecule has 2 aromatic carbocycles. The van der Waals surface area contributed by atoms with E-state index >= 15 is 0 Å². The number of hydrogen-bond donors (Lipinski definition) is 2. The van der Waals surface area contributed by atoms with Crippen molar-refractivity contribution in [3.8, 4) is 0 Å². The summed E-state index contributed by atoms with van der Waals surface area (Å²) in [6.45, 7) is 4.49. The first-order valence-electron chi connectivity index (χ1n) is 7.66. The van der Waals surface area contributed by atoms with E-state index in [2.05, 4.69) is 5.32 Å².